The predicted molar refractivity (Wildman–Crippen MR) is 160 cm³/mol. The Kier molecular flexibility index (Phi) is 28.8. The van der Waals surface area contributed by atoms with E-state index in [1.165, 1.54) is 90.4 Å². The Hall–Kier alpha value is -1.11. The number of aliphatic carboxylic acids is 1. The molecule has 0 fully saturated rings. The van der Waals surface area contributed by atoms with Crippen molar-refractivity contribution in [2.24, 2.45) is 5.73 Å². The first-order chi connectivity index (χ1) is 19.1. The molecule has 0 aliphatic carbocycles. The molecular weight excluding hydrogens is 534 g/mol. The van der Waals surface area contributed by atoms with Crippen molar-refractivity contribution < 1.29 is 36.3 Å². The number of nitrogens with zero attached hydrogens (tertiary/aromatic N) is 1. The molecule has 0 aliphatic rings. The molecule has 0 heterocycles. The highest BCUT2D eigenvalue weighted by molar-refractivity contribution is 7.80. The fourth-order valence-corrected chi connectivity index (χ4v) is 5.01. The third-order valence-corrected chi connectivity index (χ3v) is 7.71. The third kappa shape index (κ3) is 27.1. The van der Waals surface area contributed by atoms with Gasteiger partial charge in [0.2, 0.25) is 0 Å². The Morgan fingerprint density at radius 2 is 1.25 bits per heavy atom. The predicted octanol–water partition coefficient (Wildman–Crippen LogP) is 4.13. The van der Waals surface area contributed by atoms with E-state index in [-0.39, 0.29) is 23.4 Å². The molecule has 0 saturated heterocycles. The van der Waals surface area contributed by atoms with Gasteiger partial charge in [0.05, 0.1) is 32.7 Å². The standard InChI is InChI=1S/C27H55N3O3.C2H6O4S/c1-3-5-6-7-8-9-10-11-12-13-14-15-16-17-18-19-26(31)30(4-2,24-20-27(32)33)25-23-29-22-21-28;1-2-6-7(3,4)5/h29H,3-25,28H2,1-2H3;2H2,1H3,(H,3,4,5). The van der Waals surface area contributed by atoms with Gasteiger partial charge >= 0.3 is 16.3 Å². The van der Waals surface area contributed by atoms with Crippen LogP contribution in [0.3, 0.4) is 0 Å². The highest BCUT2D eigenvalue weighted by Gasteiger charge is 2.33. The molecule has 240 valence electrons. The number of rotatable bonds is 27. The highest BCUT2D eigenvalue weighted by Crippen LogP contribution is 2.16. The summed E-state index contributed by atoms with van der Waals surface area (Å²) in [5.74, 6) is -0.913. The van der Waals surface area contributed by atoms with E-state index in [0.717, 1.165) is 12.8 Å². The number of carboxylic acids is 1. The number of nitrogens with two attached hydrogens (primary N) is 1. The highest BCUT2D eigenvalue weighted by atomic mass is 32.3. The maximum absolute atomic E-state index is 13.0. The first-order valence-corrected chi connectivity index (χ1v) is 17.1. The lowest BCUT2D eigenvalue weighted by Gasteiger charge is -2.35. The second-order valence-electron chi connectivity index (χ2n) is 10.5. The molecule has 11 heteroatoms. The van der Waals surface area contributed by atoms with E-state index in [9.17, 15) is 23.1 Å². The first-order valence-electron chi connectivity index (χ1n) is 15.7. The molecule has 0 aromatic carbocycles. The van der Waals surface area contributed by atoms with Crippen molar-refractivity contribution in [2.45, 2.75) is 130 Å². The summed E-state index contributed by atoms with van der Waals surface area (Å²) in [5.41, 5.74) is 5.52. The molecule has 0 bridgehead atoms. The number of hydrogen-bond acceptors (Lipinski definition) is 8. The molecule has 0 saturated carbocycles. The van der Waals surface area contributed by atoms with E-state index in [4.69, 9.17) is 10.3 Å². The summed E-state index contributed by atoms with van der Waals surface area (Å²) >= 11 is 0. The summed E-state index contributed by atoms with van der Waals surface area (Å²) in [5, 5.41) is 14.2. The van der Waals surface area contributed by atoms with Gasteiger partial charge in [-0.15, -0.1) is 0 Å². The fourth-order valence-electron chi connectivity index (χ4n) is 4.71. The van der Waals surface area contributed by atoms with Gasteiger partial charge in [0.25, 0.3) is 0 Å². The largest absolute Gasteiger partial charge is 0.550 e. The molecule has 10 nitrogen and oxygen atoms in total. The SMILES string of the molecule is CCCCCCCCCCCCCCCCCC(=O)[N+](CC)(CCNCCN)CCC(=O)[O-].CCOS(=O)(=O)O. The Bertz CT molecular complexity index is 708. The topological polar surface area (TPSA) is 159 Å². The van der Waals surface area contributed by atoms with Crippen molar-refractivity contribution in [2.75, 3.05) is 45.9 Å². The number of likely N-dealkylation sites (N-methyl/N-ethyl adjacent to an activating group) is 1. The van der Waals surface area contributed by atoms with Gasteiger partial charge in [0, 0.05) is 32.0 Å². The fraction of sp³-hybridized carbons (Fsp3) is 0.931. The van der Waals surface area contributed by atoms with Crippen molar-refractivity contribution in [1.29, 1.82) is 0 Å². The lowest BCUT2D eigenvalue weighted by molar-refractivity contribution is -0.851. The summed E-state index contributed by atoms with van der Waals surface area (Å²) in [7, 11) is -4.17. The van der Waals surface area contributed by atoms with Crippen LogP contribution in [-0.4, -0.2) is 75.2 Å². The van der Waals surface area contributed by atoms with Crippen LogP contribution in [-0.2, 0) is 24.2 Å². The Morgan fingerprint density at radius 1 is 0.775 bits per heavy atom. The summed E-state index contributed by atoms with van der Waals surface area (Å²) in [4.78, 5) is 24.0. The molecule has 1 amide bonds. The summed E-state index contributed by atoms with van der Waals surface area (Å²) in [6.07, 6.45) is 20.0. The number of amides is 1. The maximum atomic E-state index is 13.0. The average Bonchev–Trinajstić information content (AvgIpc) is 2.90. The molecule has 1 atom stereocenters. The van der Waals surface area contributed by atoms with Crippen LogP contribution in [0.2, 0.25) is 0 Å². The minimum Gasteiger partial charge on any atom is -0.550 e. The number of carboxylic acid groups (broad SMARTS) is 1. The minimum absolute atomic E-state index is 0.0289. The first kappa shape index (κ1) is 41.0. The second kappa shape index (κ2) is 28.0. The van der Waals surface area contributed by atoms with Crippen molar-refractivity contribution in [3.63, 3.8) is 0 Å². The van der Waals surface area contributed by atoms with Gasteiger partial charge in [-0.25, -0.2) is 8.98 Å². The number of carbonyl (C=O) groups excluding carboxylic acids is 2. The quantitative estimate of drug-likeness (QED) is 0.0721. The molecule has 0 rings (SSSR count). The number of nitrogens with one attached hydrogen (secondary N) is 1. The zero-order chi connectivity index (χ0) is 30.5. The molecule has 0 aromatic rings. The summed E-state index contributed by atoms with van der Waals surface area (Å²) < 4.78 is 30.9. The number of carbonyl (C=O) groups is 2. The van der Waals surface area contributed by atoms with Crippen LogP contribution in [0.25, 0.3) is 0 Å². The summed E-state index contributed by atoms with van der Waals surface area (Å²) in [6.45, 7) is 9.16. The zero-order valence-electron chi connectivity index (χ0n) is 25.8. The van der Waals surface area contributed by atoms with Crippen molar-refractivity contribution in [3.8, 4) is 0 Å². The molecule has 0 spiro atoms. The molecule has 40 heavy (non-hydrogen) atoms. The minimum atomic E-state index is -4.17. The molecular formula is C29H61N3O7S. The van der Waals surface area contributed by atoms with Crippen LogP contribution in [0.15, 0.2) is 0 Å². The molecule has 0 aliphatic heterocycles. The second-order valence-corrected chi connectivity index (χ2v) is 11.6. The number of hydrogen-bond donors (Lipinski definition) is 3. The average molecular weight is 596 g/mol. The van der Waals surface area contributed by atoms with Crippen LogP contribution in [0, 0.1) is 0 Å². The zero-order valence-corrected chi connectivity index (χ0v) is 26.6. The van der Waals surface area contributed by atoms with Crippen molar-refractivity contribution in [3.05, 3.63) is 0 Å². The van der Waals surface area contributed by atoms with E-state index < -0.39 is 16.4 Å². The van der Waals surface area contributed by atoms with Crippen LogP contribution >= 0.6 is 0 Å². The van der Waals surface area contributed by atoms with Gasteiger partial charge in [-0.05, 0) is 20.3 Å². The van der Waals surface area contributed by atoms with Crippen molar-refractivity contribution in [1.82, 2.24) is 5.32 Å². The number of unbranched alkanes of at least 4 members (excludes halogenated alkanes) is 14. The van der Waals surface area contributed by atoms with Gasteiger partial charge in [-0.1, -0.05) is 96.8 Å². The van der Waals surface area contributed by atoms with E-state index in [0.29, 0.717) is 45.7 Å². The third-order valence-electron chi connectivity index (χ3n) is 7.18. The van der Waals surface area contributed by atoms with Gasteiger partial charge < -0.3 is 21.0 Å². The van der Waals surface area contributed by atoms with E-state index in [2.05, 4.69) is 16.4 Å². The normalized spacial score (nSPS) is 12.9. The van der Waals surface area contributed by atoms with Crippen LogP contribution in [0.1, 0.15) is 130 Å². The van der Waals surface area contributed by atoms with Gasteiger partial charge in [0.15, 0.2) is 0 Å². The molecule has 0 aromatic heterocycles. The van der Waals surface area contributed by atoms with Crippen LogP contribution in [0.4, 0.5) is 0 Å². The summed E-state index contributed by atoms with van der Waals surface area (Å²) in [6, 6.07) is 0. The lowest BCUT2D eigenvalue weighted by Crippen LogP contribution is -2.57. The van der Waals surface area contributed by atoms with E-state index in [1.807, 2.05) is 6.92 Å². The molecule has 1 unspecified atom stereocenters. The Morgan fingerprint density at radius 3 is 1.60 bits per heavy atom. The Labute approximate surface area is 245 Å². The van der Waals surface area contributed by atoms with E-state index in [1.54, 1.807) is 0 Å². The van der Waals surface area contributed by atoms with Crippen LogP contribution in [0.5, 0.6) is 0 Å². The van der Waals surface area contributed by atoms with Crippen molar-refractivity contribution >= 4 is 22.3 Å². The van der Waals surface area contributed by atoms with E-state index >= 15 is 0 Å². The molecule has 0 radical (unpaired) electrons. The van der Waals surface area contributed by atoms with Crippen LogP contribution < -0.4 is 16.2 Å². The number of quaternary nitrogens is 1. The smallest absolute Gasteiger partial charge is 0.397 e. The van der Waals surface area contributed by atoms with Gasteiger partial charge in [-0.2, -0.15) is 8.42 Å². The molecule has 4 N–H and O–H groups in total. The Balaban J connectivity index is 0. The van der Waals surface area contributed by atoms with Gasteiger partial charge in [-0.3, -0.25) is 9.04 Å². The van der Waals surface area contributed by atoms with Gasteiger partial charge in [0.1, 0.15) is 0 Å². The lowest BCUT2D eigenvalue weighted by atomic mass is 10.0. The monoisotopic (exact) mass is 595 g/mol. The maximum Gasteiger partial charge on any atom is 0.397 e.